The average molecular weight is 376 g/mol. The maximum Gasteiger partial charge on any atom is 0.227 e. The molecule has 148 valence electrons. The number of nitrogens with zero attached hydrogens (tertiary/aromatic N) is 2. The summed E-state index contributed by atoms with van der Waals surface area (Å²) >= 11 is 0. The zero-order valence-electron chi connectivity index (χ0n) is 15.8. The van der Waals surface area contributed by atoms with Crippen molar-refractivity contribution in [3.8, 4) is 0 Å². The summed E-state index contributed by atoms with van der Waals surface area (Å²) in [6.07, 6.45) is 4.32. The third-order valence-corrected chi connectivity index (χ3v) is 5.87. The number of aliphatic hydroxyl groups is 1. The highest BCUT2D eigenvalue weighted by Gasteiger charge is 2.33. The lowest BCUT2D eigenvalue weighted by Crippen LogP contribution is -2.49. The van der Waals surface area contributed by atoms with E-state index in [1.165, 1.54) is 12.1 Å². The first kappa shape index (κ1) is 19.8. The number of benzene rings is 1. The second-order valence-corrected chi connectivity index (χ2v) is 7.74. The molecule has 2 amide bonds. The Morgan fingerprint density at radius 2 is 2.00 bits per heavy atom. The van der Waals surface area contributed by atoms with Crippen LogP contribution in [-0.2, 0) is 16.0 Å². The van der Waals surface area contributed by atoms with Gasteiger partial charge in [0.15, 0.2) is 0 Å². The van der Waals surface area contributed by atoms with Gasteiger partial charge in [0, 0.05) is 39.2 Å². The van der Waals surface area contributed by atoms with Gasteiger partial charge in [-0.1, -0.05) is 12.1 Å². The first-order valence-electron chi connectivity index (χ1n) is 9.98. The highest BCUT2D eigenvalue weighted by molar-refractivity contribution is 5.84. The summed E-state index contributed by atoms with van der Waals surface area (Å²) in [4.78, 5) is 28.8. The normalized spacial score (nSPS) is 21.6. The van der Waals surface area contributed by atoms with Crippen LogP contribution in [0.4, 0.5) is 4.39 Å². The van der Waals surface area contributed by atoms with Crippen LogP contribution < -0.4 is 0 Å². The summed E-state index contributed by atoms with van der Waals surface area (Å²) in [5.74, 6) is 0.340. The van der Waals surface area contributed by atoms with Crippen LogP contribution in [0.3, 0.4) is 0 Å². The summed E-state index contributed by atoms with van der Waals surface area (Å²) in [6, 6.07) is 6.44. The summed E-state index contributed by atoms with van der Waals surface area (Å²) in [7, 11) is 0. The molecule has 2 heterocycles. The molecule has 27 heavy (non-hydrogen) atoms. The fraction of sp³-hybridized carbons (Fsp3) is 0.619. The lowest BCUT2D eigenvalue weighted by Gasteiger charge is -2.37. The third kappa shape index (κ3) is 5.28. The van der Waals surface area contributed by atoms with Crippen molar-refractivity contribution < 1.29 is 19.1 Å². The van der Waals surface area contributed by atoms with E-state index >= 15 is 0 Å². The quantitative estimate of drug-likeness (QED) is 0.828. The topological polar surface area (TPSA) is 60.9 Å². The predicted octanol–water partition coefficient (Wildman–Crippen LogP) is 2.23. The number of carbonyl (C=O) groups is 2. The van der Waals surface area contributed by atoms with E-state index in [9.17, 15) is 14.0 Å². The van der Waals surface area contributed by atoms with E-state index in [0.29, 0.717) is 38.3 Å². The van der Waals surface area contributed by atoms with Crippen LogP contribution in [0.2, 0.25) is 0 Å². The van der Waals surface area contributed by atoms with Crippen LogP contribution in [0.15, 0.2) is 24.3 Å². The number of aliphatic hydroxyl groups excluding tert-OH is 1. The number of hydrogen-bond acceptors (Lipinski definition) is 3. The molecule has 1 atom stereocenters. The highest BCUT2D eigenvalue weighted by Crippen LogP contribution is 2.25. The number of rotatable bonds is 6. The van der Waals surface area contributed by atoms with E-state index in [-0.39, 0.29) is 30.2 Å². The highest BCUT2D eigenvalue weighted by atomic mass is 19.1. The van der Waals surface area contributed by atoms with E-state index < -0.39 is 0 Å². The number of hydrogen-bond donors (Lipinski definition) is 1. The number of amides is 2. The van der Waals surface area contributed by atoms with Crippen molar-refractivity contribution in [1.82, 2.24) is 9.80 Å². The predicted molar refractivity (Wildman–Crippen MR) is 100 cm³/mol. The fourth-order valence-electron chi connectivity index (χ4n) is 4.17. The lowest BCUT2D eigenvalue weighted by atomic mass is 9.91. The van der Waals surface area contributed by atoms with Crippen molar-refractivity contribution in [3.05, 3.63) is 35.6 Å². The van der Waals surface area contributed by atoms with Gasteiger partial charge in [0.05, 0.1) is 5.92 Å². The van der Waals surface area contributed by atoms with Crippen LogP contribution in [-0.4, -0.2) is 59.5 Å². The molecule has 2 saturated heterocycles. The van der Waals surface area contributed by atoms with Crippen molar-refractivity contribution in [1.29, 1.82) is 0 Å². The molecule has 5 nitrogen and oxygen atoms in total. The molecule has 0 saturated carbocycles. The molecule has 1 unspecified atom stereocenters. The minimum atomic E-state index is -0.268. The number of carbonyl (C=O) groups excluding carboxylic acids is 2. The molecule has 0 aliphatic carbocycles. The van der Waals surface area contributed by atoms with Crippen LogP contribution in [0, 0.1) is 17.7 Å². The van der Waals surface area contributed by atoms with Crippen LogP contribution >= 0.6 is 0 Å². The molecule has 0 aromatic heterocycles. The van der Waals surface area contributed by atoms with Crippen LogP contribution in [0.25, 0.3) is 0 Å². The second-order valence-electron chi connectivity index (χ2n) is 7.74. The van der Waals surface area contributed by atoms with Gasteiger partial charge in [0.1, 0.15) is 5.82 Å². The molecule has 0 radical (unpaired) electrons. The van der Waals surface area contributed by atoms with Gasteiger partial charge in [-0.3, -0.25) is 9.59 Å². The number of halogens is 1. The molecule has 2 fully saturated rings. The Bertz CT molecular complexity index is 659. The van der Waals surface area contributed by atoms with Crippen LogP contribution in [0.1, 0.15) is 37.7 Å². The maximum atomic E-state index is 13.3. The Labute approximate surface area is 160 Å². The number of piperidine rings is 2. The molecule has 3 rings (SSSR count). The molecule has 1 aromatic carbocycles. The van der Waals surface area contributed by atoms with E-state index in [0.717, 1.165) is 37.9 Å². The third-order valence-electron chi connectivity index (χ3n) is 5.87. The van der Waals surface area contributed by atoms with Crippen molar-refractivity contribution in [3.63, 3.8) is 0 Å². The minimum absolute atomic E-state index is 0.0807. The molecule has 2 aliphatic heterocycles. The van der Waals surface area contributed by atoms with Gasteiger partial charge in [-0.15, -0.1) is 0 Å². The average Bonchev–Trinajstić information content (AvgIpc) is 2.68. The van der Waals surface area contributed by atoms with Crippen molar-refractivity contribution in [2.45, 2.75) is 38.5 Å². The Balaban J connectivity index is 1.52. The van der Waals surface area contributed by atoms with Gasteiger partial charge in [0.2, 0.25) is 11.8 Å². The Morgan fingerprint density at radius 3 is 2.70 bits per heavy atom. The van der Waals surface area contributed by atoms with Crippen molar-refractivity contribution in [2.75, 3.05) is 32.8 Å². The zero-order chi connectivity index (χ0) is 19.2. The summed E-state index contributed by atoms with van der Waals surface area (Å²) < 4.78 is 13.3. The van der Waals surface area contributed by atoms with Crippen LogP contribution in [0.5, 0.6) is 0 Å². The Morgan fingerprint density at radius 1 is 1.22 bits per heavy atom. The molecule has 1 aromatic rings. The van der Waals surface area contributed by atoms with Gasteiger partial charge >= 0.3 is 0 Å². The van der Waals surface area contributed by atoms with E-state index in [1.807, 2.05) is 11.0 Å². The Hall–Kier alpha value is -1.95. The number of likely N-dealkylation sites (tertiary alicyclic amines) is 2. The zero-order valence-corrected chi connectivity index (χ0v) is 15.8. The molecule has 1 N–H and O–H groups in total. The SMILES string of the molecule is O=C1CCC(C(=O)N2CCC(CCO)CC2)CN1CCc1cccc(F)c1. The van der Waals surface area contributed by atoms with Gasteiger partial charge in [-0.25, -0.2) is 4.39 Å². The van der Waals surface area contributed by atoms with Crippen molar-refractivity contribution >= 4 is 11.8 Å². The molecule has 2 aliphatic rings. The smallest absolute Gasteiger partial charge is 0.227 e. The molecule has 0 spiro atoms. The van der Waals surface area contributed by atoms with E-state index in [2.05, 4.69) is 0 Å². The molecule has 0 bridgehead atoms. The van der Waals surface area contributed by atoms with Crippen molar-refractivity contribution in [2.24, 2.45) is 11.8 Å². The van der Waals surface area contributed by atoms with Gasteiger partial charge in [0.25, 0.3) is 0 Å². The monoisotopic (exact) mass is 376 g/mol. The minimum Gasteiger partial charge on any atom is -0.396 e. The second kappa shape index (κ2) is 9.31. The van der Waals surface area contributed by atoms with E-state index in [4.69, 9.17) is 5.11 Å². The first-order chi connectivity index (χ1) is 13.1. The maximum absolute atomic E-state index is 13.3. The Kier molecular flexibility index (Phi) is 6.83. The summed E-state index contributed by atoms with van der Waals surface area (Å²) in [5, 5.41) is 9.06. The summed E-state index contributed by atoms with van der Waals surface area (Å²) in [5.41, 5.74) is 0.863. The molecular formula is C21H29FN2O3. The van der Waals surface area contributed by atoms with Gasteiger partial charge in [-0.05, 0) is 55.7 Å². The first-order valence-corrected chi connectivity index (χ1v) is 9.98. The standard InChI is InChI=1S/C21H29FN2O3/c22-19-3-1-2-17(14-19)8-12-24-15-18(4-5-20(24)26)21(27)23-10-6-16(7-11-23)9-13-25/h1-3,14,16,18,25H,4-13,15H2. The fourth-order valence-corrected chi connectivity index (χ4v) is 4.17. The largest absolute Gasteiger partial charge is 0.396 e. The lowest BCUT2D eigenvalue weighted by molar-refractivity contribution is -0.144. The van der Waals surface area contributed by atoms with Gasteiger partial charge in [-0.2, -0.15) is 0 Å². The van der Waals surface area contributed by atoms with Gasteiger partial charge < -0.3 is 14.9 Å². The molecular weight excluding hydrogens is 347 g/mol. The van der Waals surface area contributed by atoms with E-state index in [1.54, 1.807) is 11.0 Å². The molecule has 6 heteroatoms. The summed E-state index contributed by atoms with van der Waals surface area (Å²) in [6.45, 7) is 2.69.